The van der Waals surface area contributed by atoms with Crippen molar-refractivity contribution >= 4 is 5.82 Å². The van der Waals surface area contributed by atoms with Crippen LogP contribution in [0.25, 0.3) is 0 Å². The topological polar surface area (TPSA) is 56.6 Å². The van der Waals surface area contributed by atoms with E-state index in [0.717, 1.165) is 11.4 Å². The molecule has 1 aromatic rings. The van der Waals surface area contributed by atoms with Crippen LogP contribution in [0.4, 0.5) is 5.82 Å². The molecule has 0 saturated carbocycles. The second-order valence-electron chi connectivity index (χ2n) is 3.77. The van der Waals surface area contributed by atoms with Crippen LogP contribution in [0, 0.1) is 0 Å². The number of nitrogens with zero attached hydrogens (tertiary/aromatic N) is 2. The summed E-state index contributed by atoms with van der Waals surface area (Å²) in [5.41, 5.74) is 0.795. The van der Waals surface area contributed by atoms with Gasteiger partial charge in [-0.15, -0.1) is 0 Å². The van der Waals surface area contributed by atoms with Crippen molar-refractivity contribution in [2.75, 3.05) is 18.6 Å². The minimum Gasteiger partial charge on any atom is -0.394 e. The molecule has 2 atom stereocenters. The second-order valence-corrected chi connectivity index (χ2v) is 3.77. The molecule has 4 nitrogen and oxygen atoms in total. The third kappa shape index (κ3) is 2.91. The number of anilines is 1. The number of rotatable bonds is 4. The Labute approximate surface area is 90.2 Å². The molecular weight excluding hydrogens is 192 g/mol. The summed E-state index contributed by atoms with van der Waals surface area (Å²) in [6, 6.07) is 3.72. The lowest BCUT2D eigenvalue weighted by atomic mass is 10.2. The van der Waals surface area contributed by atoms with Crippen molar-refractivity contribution in [1.29, 1.82) is 0 Å². The quantitative estimate of drug-likeness (QED) is 0.777. The molecular formula is C11H18N2O2. The standard InChI is InChI=1S/C11H18N2O2/c1-8(7-14)13(3)11-5-4-10(6-12-11)9(2)15/h4-6,8-9,14-15H,7H2,1-3H3. The van der Waals surface area contributed by atoms with Gasteiger partial charge in [-0.1, -0.05) is 6.07 Å². The van der Waals surface area contributed by atoms with Crippen molar-refractivity contribution in [3.05, 3.63) is 23.9 Å². The van der Waals surface area contributed by atoms with Crippen LogP contribution in [0.2, 0.25) is 0 Å². The number of aliphatic hydroxyl groups excluding tert-OH is 2. The summed E-state index contributed by atoms with van der Waals surface area (Å²) < 4.78 is 0. The first kappa shape index (κ1) is 11.9. The van der Waals surface area contributed by atoms with Crippen LogP contribution in [0.5, 0.6) is 0 Å². The van der Waals surface area contributed by atoms with E-state index in [1.807, 2.05) is 31.0 Å². The number of pyridine rings is 1. The zero-order valence-corrected chi connectivity index (χ0v) is 9.38. The van der Waals surface area contributed by atoms with Gasteiger partial charge in [-0.25, -0.2) is 4.98 Å². The molecule has 0 aliphatic carbocycles. The highest BCUT2D eigenvalue weighted by Crippen LogP contribution is 2.16. The van der Waals surface area contributed by atoms with Crippen molar-refractivity contribution in [2.45, 2.75) is 26.0 Å². The van der Waals surface area contributed by atoms with Crippen molar-refractivity contribution in [3.8, 4) is 0 Å². The molecule has 2 unspecified atom stereocenters. The summed E-state index contributed by atoms with van der Waals surface area (Å²) in [6.45, 7) is 3.72. The summed E-state index contributed by atoms with van der Waals surface area (Å²) >= 11 is 0. The summed E-state index contributed by atoms with van der Waals surface area (Å²) in [5.74, 6) is 0.793. The number of hydrogen-bond acceptors (Lipinski definition) is 4. The molecule has 2 N–H and O–H groups in total. The molecule has 0 fully saturated rings. The first-order valence-electron chi connectivity index (χ1n) is 5.04. The average Bonchev–Trinajstić information content (AvgIpc) is 2.27. The SMILES string of the molecule is CC(O)c1ccc(N(C)C(C)CO)nc1. The van der Waals surface area contributed by atoms with Crippen molar-refractivity contribution in [2.24, 2.45) is 0 Å². The fraction of sp³-hybridized carbons (Fsp3) is 0.545. The number of aromatic nitrogens is 1. The van der Waals surface area contributed by atoms with Gasteiger partial charge in [0, 0.05) is 13.2 Å². The number of aliphatic hydroxyl groups is 2. The molecule has 4 heteroatoms. The van der Waals surface area contributed by atoms with Crippen molar-refractivity contribution < 1.29 is 10.2 Å². The molecule has 1 heterocycles. The van der Waals surface area contributed by atoms with Gasteiger partial charge < -0.3 is 15.1 Å². The minimum absolute atomic E-state index is 0.0369. The van der Waals surface area contributed by atoms with E-state index >= 15 is 0 Å². The molecule has 0 aliphatic rings. The molecule has 15 heavy (non-hydrogen) atoms. The Morgan fingerprint density at radius 1 is 1.40 bits per heavy atom. The molecule has 0 bridgehead atoms. The predicted molar refractivity (Wildman–Crippen MR) is 59.8 cm³/mol. The fourth-order valence-electron chi connectivity index (χ4n) is 1.20. The molecule has 0 radical (unpaired) electrons. The molecule has 84 valence electrons. The number of hydrogen-bond donors (Lipinski definition) is 2. The first-order chi connectivity index (χ1) is 7.06. The Bertz CT molecular complexity index is 298. The molecule has 0 aromatic carbocycles. The van der Waals surface area contributed by atoms with Crippen LogP contribution < -0.4 is 4.90 Å². The Morgan fingerprint density at radius 3 is 2.47 bits per heavy atom. The minimum atomic E-state index is -0.493. The van der Waals surface area contributed by atoms with E-state index in [4.69, 9.17) is 5.11 Å². The summed E-state index contributed by atoms with van der Waals surface area (Å²) in [5, 5.41) is 18.3. The highest BCUT2D eigenvalue weighted by molar-refractivity contribution is 5.39. The Morgan fingerprint density at radius 2 is 2.07 bits per heavy atom. The zero-order chi connectivity index (χ0) is 11.4. The Balaban J connectivity index is 2.79. The van der Waals surface area contributed by atoms with Gasteiger partial charge >= 0.3 is 0 Å². The van der Waals surface area contributed by atoms with E-state index in [1.165, 1.54) is 0 Å². The van der Waals surface area contributed by atoms with E-state index in [9.17, 15) is 5.11 Å². The van der Waals surface area contributed by atoms with Gasteiger partial charge in [0.1, 0.15) is 5.82 Å². The predicted octanol–water partition coefficient (Wildman–Crippen LogP) is 0.952. The van der Waals surface area contributed by atoms with Gasteiger partial charge in [0.25, 0.3) is 0 Å². The maximum absolute atomic E-state index is 9.31. The van der Waals surface area contributed by atoms with Gasteiger partial charge in [-0.2, -0.15) is 0 Å². The number of likely N-dealkylation sites (N-methyl/N-ethyl adjacent to an activating group) is 1. The van der Waals surface area contributed by atoms with Gasteiger partial charge in [-0.05, 0) is 25.5 Å². The Hall–Kier alpha value is -1.13. The molecule has 1 aromatic heterocycles. The van der Waals surface area contributed by atoms with E-state index in [-0.39, 0.29) is 12.6 Å². The van der Waals surface area contributed by atoms with Crippen molar-refractivity contribution in [3.63, 3.8) is 0 Å². The zero-order valence-electron chi connectivity index (χ0n) is 9.38. The third-order valence-electron chi connectivity index (χ3n) is 2.54. The van der Waals surface area contributed by atoms with Gasteiger partial charge in [0.05, 0.1) is 18.8 Å². The van der Waals surface area contributed by atoms with E-state index in [0.29, 0.717) is 0 Å². The normalized spacial score (nSPS) is 14.7. The van der Waals surface area contributed by atoms with Crippen LogP contribution in [0.3, 0.4) is 0 Å². The van der Waals surface area contributed by atoms with Crippen LogP contribution in [0.1, 0.15) is 25.5 Å². The first-order valence-corrected chi connectivity index (χ1v) is 5.04. The lowest BCUT2D eigenvalue weighted by Gasteiger charge is -2.24. The fourth-order valence-corrected chi connectivity index (χ4v) is 1.20. The van der Waals surface area contributed by atoms with Crippen molar-refractivity contribution in [1.82, 2.24) is 4.98 Å². The van der Waals surface area contributed by atoms with E-state index < -0.39 is 6.10 Å². The molecule has 1 rings (SSSR count). The summed E-state index contributed by atoms with van der Waals surface area (Å²) in [4.78, 5) is 6.12. The smallest absolute Gasteiger partial charge is 0.128 e. The van der Waals surface area contributed by atoms with Crippen LogP contribution in [-0.2, 0) is 0 Å². The molecule has 0 aliphatic heterocycles. The lowest BCUT2D eigenvalue weighted by Crippen LogP contribution is -2.32. The van der Waals surface area contributed by atoms with Gasteiger partial charge in [-0.3, -0.25) is 0 Å². The third-order valence-corrected chi connectivity index (χ3v) is 2.54. The largest absolute Gasteiger partial charge is 0.394 e. The van der Waals surface area contributed by atoms with E-state index in [2.05, 4.69) is 4.98 Å². The maximum Gasteiger partial charge on any atom is 0.128 e. The highest BCUT2D eigenvalue weighted by Gasteiger charge is 2.10. The Kier molecular flexibility index (Phi) is 4.05. The van der Waals surface area contributed by atoms with Crippen LogP contribution >= 0.6 is 0 Å². The molecule has 0 saturated heterocycles. The van der Waals surface area contributed by atoms with Crippen LogP contribution in [-0.4, -0.2) is 34.9 Å². The average molecular weight is 210 g/mol. The highest BCUT2D eigenvalue weighted by atomic mass is 16.3. The monoisotopic (exact) mass is 210 g/mol. The van der Waals surface area contributed by atoms with Crippen LogP contribution in [0.15, 0.2) is 18.3 Å². The molecule has 0 amide bonds. The maximum atomic E-state index is 9.31. The van der Waals surface area contributed by atoms with E-state index in [1.54, 1.807) is 13.1 Å². The van der Waals surface area contributed by atoms with Gasteiger partial charge in [0.15, 0.2) is 0 Å². The summed E-state index contributed by atoms with van der Waals surface area (Å²) in [7, 11) is 1.88. The lowest BCUT2D eigenvalue weighted by molar-refractivity contribution is 0.199. The summed E-state index contributed by atoms with van der Waals surface area (Å²) in [6.07, 6.45) is 1.16. The van der Waals surface area contributed by atoms with Gasteiger partial charge in [0.2, 0.25) is 0 Å². The molecule has 0 spiro atoms. The second kappa shape index (κ2) is 5.09.